The lowest BCUT2D eigenvalue weighted by Crippen LogP contribution is -2.30. The van der Waals surface area contributed by atoms with Gasteiger partial charge in [-0.1, -0.05) is 359 Å². The molecule has 0 aromatic heterocycles. The molecule has 0 rings (SSSR count). The summed E-state index contributed by atoms with van der Waals surface area (Å²) >= 11 is 0. The number of unbranched alkanes of at least 4 members (excludes halogenated alkanes) is 53. The zero-order chi connectivity index (χ0) is 59.9. The summed E-state index contributed by atoms with van der Waals surface area (Å²) in [5.74, 6) is -0.834. The van der Waals surface area contributed by atoms with E-state index in [2.05, 4.69) is 57.2 Å². The molecule has 0 saturated heterocycles. The number of esters is 3. The molecular formula is C77H144O6. The van der Waals surface area contributed by atoms with Crippen molar-refractivity contribution < 1.29 is 28.6 Å². The largest absolute Gasteiger partial charge is 0.462 e. The molecule has 0 N–H and O–H groups in total. The molecule has 1 atom stereocenters. The van der Waals surface area contributed by atoms with Crippen LogP contribution in [0.2, 0.25) is 0 Å². The Morgan fingerprint density at radius 2 is 0.434 bits per heavy atom. The third-order valence-corrected chi connectivity index (χ3v) is 17.1. The van der Waals surface area contributed by atoms with Crippen LogP contribution in [0, 0.1) is 0 Å². The minimum atomic E-state index is -0.771. The minimum absolute atomic E-state index is 0.0664. The standard InChI is InChI=1S/C77H144O6/c1-4-7-10-13-16-19-22-25-28-31-33-34-35-36-37-38-39-40-41-42-44-46-49-52-55-58-61-64-67-70-76(79)82-73-74(72-81-75(78)69-66-63-60-57-54-51-48-45-30-27-24-21-18-15-12-9-6-3)83-77(80)71-68-65-62-59-56-53-50-47-43-32-29-26-23-20-17-14-11-8-5-2/h22,25-26,29,31,33,74H,4-21,23-24,27-28,30,32,34-73H2,1-3H3/b25-22-,29-26-,33-31-. The van der Waals surface area contributed by atoms with E-state index in [1.165, 1.54) is 315 Å². The highest BCUT2D eigenvalue weighted by atomic mass is 16.6. The Morgan fingerprint density at radius 3 is 0.675 bits per heavy atom. The Morgan fingerprint density at radius 1 is 0.241 bits per heavy atom. The molecule has 0 aliphatic rings. The van der Waals surface area contributed by atoms with Gasteiger partial charge in [0.05, 0.1) is 0 Å². The van der Waals surface area contributed by atoms with E-state index in [4.69, 9.17) is 14.2 Å². The first kappa shape index (κ1) is 80.6. The highest BCUT2D eigenvalue weighted by molar-refractivity contribution is 5.71. The maximum atomic E-state index is 13.0. The summed E-state index contributed by atoms with van der Waals surface area (Å²) in [6.45, 7) is 6.71. The predicted octanol–water partition coefficient (Wildman–Crippen LogP) is 25.9. The number of rotatable bonds is 70. The van der Waals surface area contributed by atoms with E-state index in [-0.39, 0.29) is 31.1 Å². The molecule has 0 heterocycles. The van der Waals surface area contributed by atoms with Crippen molar-refractivity contribution in [2.24, 2.45) is 0 Å². The Bertz CT molecular complexity index is 1380. The highest BCUT2D eigenvalue weighted by Gasteiger charge is 2.20. The van der Waals surface area contributed by atoms with Gasteiger partial charge in [-0.15, -0.1) is 0 Å². The molecule has 0 fully saturated rings. The SMILES string of the molecule is CCCCCCC/C=C\C/C=C\CCCCCCCCCCCCCCCCCCCC(=O)OCC(COC(=O)CCCCCCCCCCCCCCCCCCC)OC(=O)CCCCCCCCCCC/C=C\CCCCCCCC. The van der Waals surface area contributed by atoms with Gasteiger partial charge in [-0.3, -0.25) is 14.4 Å². The summed E-state index contributed by atoms with van der Waals surface area (Å²) in [6, 6.07) is 0. The first-order valence-corrected chi connectivity index (χ1v) is 37.5. The smallest absolute Gasteiger partial charge is 0.306 e. The van der Waals surface area contributed by atoms with Crippen LogP contribution in [-0.4, -0.2) is 37.2 Å². The second-order valence-electron chi connectivity index (χ2n) is 25.6. The van der Waals surface area contributed by atoms with Gasteiger partial charge in [0, 0.05) is 19.3 Å². The quantitative estimate of drug-likeness (QED) is 0.0261. The van der Waals surface area contributed by atoms with E-state index >= 15 is 0 Å². The van der Waals surface area contributed by atoms with Crippen LogP contribution < -0.4 is 0 Å². The van der Waals surface area contributed by atoms with E-state index in [1.54, 1.807) is 0 Å². The predicted molar refractivity (Wildman–Crippen MR) is 362 cm³/mol. The first-order valence-electron chi connectivity index (χ1n) is 37.5. The van der Waals surface area contributed by atoms with Crippen LogP contribution in [0.25, 0.3) is 0 Å². The van der Waals surface area contributed by atoms with Crippen molar-refractivity contribution in [1.29, 1.82) is 0 Å². The van der Waals surface area contributed by atoms with Gasteiger partial charge in [0.15, 0.2) is 6.10 Å². The molecule has 0 aromatic carbocycles. The van der Waals surface area contributed by atoms with Crippen LogP contribution in [0.15, 0.2) is 36.5 Å². The molecule has 6 nitrogen and oxygen atoms in total. The summed E-state index contributed by atoms with van der Waals surface area (Å²) in [5.41, 5.74) is 0. The zero-order valence-corrected chi connectivity index (χ0v) is 56.2. The summed E-state index contributed by atoms with van der Waals surface area (Å²) < 4.78 is 17.0. The Labute approximate surface area is 518 Å². The second kappa shape index (κ2) is 72.1. The number of carbonyl (C=O) groups is 3. The van der Waals surface area contributed by atoms with Crippen LogP contribution in [-0.2, 0) is 28.6 Å². The average Bonchev–Trinajstić information content (AvgIpc) is 3.49. The highest BCUT2D eigenvalue weighted by Crippen LogP contribution is 2.19. The normalized spacial score (nSPS) is 12.2. The molecule has 83 heavy (non-hydrogen) atoms. The summed E-state index contributed by atoms with van der Waals surface area (Å²) in [7, 11) is 0. The van der Waals surface area contributed by atoms with E-state index in [0.29, 0.717) is 19.3 Å². The fourth-order valence-electron chi connectivity index (χ4n) is 11.5. The molecule has 0 aliphatic carbocycles. The number of carbonyl (C=O) groups excluding carboxylic acids is 3. The van der Waals surface area contributed by atoms with Gasteiger partial charge in [-0.2, -0.15) is 0 Å². The van der Waals surface area contributed by atoms with Crippen molar-refractivity contribution in [2.75, 3.05) is 13.2 Å². The monoisotopic (exact) mass is 1170 g/mol. The van der Waals surface area contributed by atoms with Crippen molar-refractivity contribution >= 4 is 17.9 Å². The second-order valence-corrected chi connectivity index (χ2v) is 25.6. The van der Waals surface area contributed by atoms with Gasteiger partial charge < -0.3 is 14.2 Å². The number of allylic oxidation sites excluding steroid dienone is 6. The van der Waals surface area contributed by atoms with Crippen LogP contribution >= 0.6 is 0 Å². The van der Waals surface area contributed by atoms with Crippen LogP contribution in [0.5, 0.6) is 0 Å². The molecule has 0 spiro atoms. The van der Waals surface area contributed by atoms with E-state index in [0.717, 1.165) is 64.2 Å². The fourth-order valence-corrected chi connectivity index (χ4v) is 11.5. The van der Waals surface area contributed by atoms with Gasteiger partial charge in [0.25, 0.3) is 0 Å². The summed E-state index contributed by atoms with van der Waals surface area (Å²) in [6.07, 6.45) is 90.4. The molecule has 0 amide bonds. The molecule has 0 bridgehead atoms. The topological polar surface area (TPSA) is 78.9 Å². The van der Waals surface area contributed by atoms with Crippen LogP contribution in [0.1, 0.15) is 419 Å². The minimum Gasteiger partial charge on any atom is -0.462 e. The molecule has 488 valence electrons. The van der Waals surface area contributed by atoms with Crippen molar-refractivity contribution in [1.82, 2.24) is 0 Å². The van der Waals surface area contributed by atoms with Gasteiger partial charge in [-0.25, -0.2) is 0 Å². The van der Waals surface area contributed by atoms with Crippen LogP contribution in [0.3, 0.4) is 0 Å². The Kier molecular flexibility index (Phi) is 70.0. The molecule has 1 unspecified atom stereocenters. The lowest BCUT2D eigenvalue weighted by atomic mass is 10.0. The van der Waals surface area contributed by atoms with E-state index in [9.17, 15) is 14.4 Å². The molecule has 0 saturated carbocycles. The number of ether oxygens (including phenoxy) is 3. The molecule has 6 heteroatoms. The van der Waals surface area contributed by atoms with Gasteiger partial charge in [-0.05, 0) is 77.0 Å². The van der Waals surface area contributed by atoms with Crippen molar-refractivity contribution in [3.8, 4) is 0 Å². The lowest BCUT2D eigenvalue weighted by molar-refractivity contribution is -0.167. The van der Waals surface area contributed by atoms with E-state index in [1.807, 2.05) is 0 Å². The summed E-state index contributed by atoms with van der Waals surface area (Å²) in [4.78, 5) is 38.5. The van der Waals surface area contributed by atoms with Gasteiger partial charge >= 0.3 is 17.9 Å². The fraction of sp³-hybridized carbons (Fsp3) is 0.883. The lowest BCUT2D eigenvalue weighted by Gasteiger charge is -2.18. The van der Waals surface area contributed by atoms with Crippen molar-refractivity contribution in [3.63, 3.8) is 0 Å². The Hall–Kier alpha value is -2.37. The molecule has 0 aliphatic heterocycles. The Balaban J connectivity index is 4.23. The maximum Gasteiger partial charge on any atom is 0.306 e. The average molecular weight is 1170 g/mol. The molecular weight excluding hydrogens is 1020 g/mol. The first-order chi connectivity index (χ1) is 41.0. The zero-order valence-electron chi connectivity index (χ0n) is 56.2. The van der Waals surface area contributed by atoms with Crippen LogP contribution in [0.4, 0.5) is 0 Å². The van der Waals surface area contributed by atoms with Crippen molar-refractivity contribution in [2.45, 2.75) is 425 Å². The summed E-state index contributed by atoms with van der Waals surface area (Å²) in [5, 5.41) is 0. The van der Waals surface area contributed by atoms with E-state index < -0.39 is 6.10 Å². The third-order valence-electron chi connectivity index (χ3n) is 17.1. The third kappa shape index (κ3) is 70.3. The maximum absolute atomic E-state index is 13.0. The molecule has 0 radical (unpaired) electrons. The number of hydrogen-bond donors (Lipinski definition) is 0. The number of hydrogen-bond acceptors (Lipinski definition) is 6. The van der Waals surface area contributed by atoms with Gasteiger partial charge in [0.2, 0.25) is 0 Å². The van der Waals surface area contributed by atoms with Crippen molar-refractivity contribution in [3.05, 3.63) is 36.5 Å². The van der Waals surface area contributed by atoms with Gasteiger partial charge in [0.1, 0.15) is 13.2 Å². The molecule has 0 aromatic rings.